The average molecular weight is 282 g/mol. The van der Waals surface area contributed by atoms with Crippen LogP contribution >= 0.6 is 23.7 Å². The molecule has 0 bridgehead atoms. The van der Waals surface area contributed by atoms with Gasteiger partial charge in [0.2, 0.25) is 0 Å². The maximum Gasteiger partial charge on any atom is 0.0832 e. The third-order valence-corrected chi connectivity index (χ3v) is 0. The van der Waals surface area contributed by atoms with E-state index in [-0.39, 0.29) is 21.1 Å². The quantitative estimate of drug-likeness (QED) is 0.651. The van der Waals surface area contributed by atoms with E-state index in [0.29, 0.717) is 0 Å². The van der Waals surface area contributed by atoms with Crippen LogP contribution in [0.25, 0.3) is 0 Å². The third-order valence-electron chi connectivity index (χ3n) is 0. The SMILES string of the molecule is ClOCl.[Pt]. The number of halogens is 2. The molecule has 0 fully saturated rings. The van der Waals surface area contributed by atoms with Crippen LogP contribution in [0.4, 0.5) is 0 Å². The normalized spacial score (nSPS) is 4.50. The second-order valence-corrected chi connectivity index (χ2v) is 0.525. The van der Waals surface area contributed by atoms with Gasteiger partial charge >= 0.3 is 0 Å². The van der Waals surface area contributed by atoms with Gasteiger partial charge in [-0.05, 0) is 0 Å². The van der Waals surface area contributed by atoms with Crippen LogP contribution in [0.1, 0.15) is 0 Å². The van der Waals surface area contributed by atoms with Crippen molar-refractivity contribution in [3.63, 3.8) is 0 Å². The van der Waals surface area contributed by atoms with E-state index >= 15 is 0 Å². The van der Waals surface area contributed by atoms with Gasteiger partial charge in [-0.2, -0.15) is 3.84 Å². The summed E-state index contributed by atoms with van der Waals surface area (Å²) in [5.74, 6) is 0. The fraction of sp³-hybridized carbons (Fsp3) is 0. The molecule has 0 saturated carbocycles. The van der Waals surface area contributed by atoms with E-state index in [1.165, 1.54) is 0 Å². The summed E-state index contributed by atoms with van der Waals surface area (Å²) in [6.45, 7) is 0. The van der Waals surface area contributed by atoms with E-state index in [0.717, 1.165) is 0 Å². The molecule has 0 N–H and O–H groups in total. The maximum atomic E-state index is 4.26. The molecule has 0 aliphatic rings. The van der Waals surface area contributed by atoms with Crippen LogP contribution in [0.5, 0.6) is 0 Å². The minimum absolute atomic E-state index is 0. The van der Waals surface area contributed by atoms with Crippen LogP contribution in [-0.2, 0) is 24.9 Å². The number of rotatable bonds is 0. The van der Waals surface area contributed by atoms with Crippen molar-refractivity contribution in [2.24, 2.45) is 0 Å². The van der Waals surface area contributed by atoms with Crippen molar-refractivity contribution >= 4 is 23.7 Å². The molecule has 0 aromatic carbocycles. The van der Waals surface area contributed by atoms with Gasteiger partial charge in [-0.15, -0.1) is 0 Å². The predicted octanol–water partition coefficient (Wildman–Crippen LogP) is 1.31. The number of hydrogen-bond donors (Lipinski definition) is 0. The van der Waals surface area contributed by atoms with Gasteiger partial charge in [0, 0.05) is 21.1 Å². The molecule has 4 heteroatoms. The Hall–Kier alpha value is 1.23. The van der Waals surface area contributed by atoms with Gasteiger partial charge in [0.15, 0.2) is 0 Å². The molecule has 0 radical (unpaired) electrons. The first-order valence-electron chi connectivity index (χ1n) is 0.309. The minimum atomic E-state index is 0. The molecular formula is Cl2OPt. The topological polar surface area (TPSA) is 9.23 Å². The van der Waals surface area contributed by atoms with Gasteiger partial charge in [-0.3, -0.25) is 0 Å². The van der Waals surface area contributed by atoms with Crippen molar-refractivity contribution in [1.29, 1.82) is 0 Å². The summed E-state index contributed by atoms with van der Waals surface area (Å²) in [5.41, 5.74) is 0. The van der Waals surface area contributed by atoms with Crippen molar-refractivity contribution in [3.8, 4) is 0 Å². The minimum Gasteiger partial charge on any atom is -0.166 e. The number of hydrogen-bond acceptors (Lipinski definition) is 1. The molecule has 0 rings (SSSR count). The first-order chi connectivity index (χ1) is 1.41. The Morgan fingerprint density at radius 2 is 1.25 bits per heavy atom. The third kappa shape index (κ3) is 10.6. The standard InChI is InChI=1S/Cl2O.Pt/c1-3-2;. The molecule has 0 spiro atoms. The Morgan fingerprint density at radius 3 is 1.25 bits per heavy atom. The Labute approximate surface area is 48.8 Å². The van der Waals surface area contributed by atoms with Crippen molar-refractivity contribution in [1.82, 2.24) is 0 Å². The molecule has 0 aromatic rings. The Morgan fingerprint density at radius 1 is 1.25 bits per heavy atom. The summed E-state index contributed by atoms with van der Waals surface area (Å²) in [6.07, 6.45) is 0. The summed E-state index contributed by atoms with van der Waals surface area (Å²) in [4.78, 5) is 0. The molecule has 0 aromatic heterocycles. The van der Waals surface area contributed by atoms with Gasteiger partial charge in [-0.25, -0.2) is 0 Å². The molecule has 1 nitrogen and oxygen atoms in total. The van der Waals surface area contributed by atoms with E-state index in [4.69, 9.17) is 0 Å². The summed E-state index contributed by atoms with van der Waals surface area (Å²) in [7, 11) is 0. The van der Waals surface area contributed by atoms with Crippen LogP contribution in [-0.4, -0.2) is 0 Å². The summed E-state index contributed by atoms with van der Waals surface area (Å²) in [6, 6.07) is 0. The van der Waals surface area contributed by atoms with Crippen LogP contribution in [0.3, 0.4) is 0 Å². The average Bonchev–Trinajstić information content (AvgIpc) is 0.918. The predicted molar refractivity (Wildman–Crippen MR) is 12.8 cm³/mol. The zero-order chi connectivity index (χ0) is 2.71. The van der Waals surface area contributed by atoms with Gasteiger partial charge in [-0.1, -0.05) is 0 Å². The first-order valence-corrected chi connectivity index (χ1v) is 0.926. The largest absolute Gasteiger partial charge is 0.166 e. The van der Waals surface area contributed by atoms with E-state index in [2.05, 4.69) is 27.6 Å². The van der Waals surface area contributed by atoms with Crippen LogP contribution in [0.15, 0.2) is 0 Å². The van der Waals surface area contributed by atoms with Gasteiger partial charge in [0.1, 0.15) is 0 Å². The molecule has 0 atom stereocenters. The smallest absolute Gasteiger partial charge is 0.0832 e. The fourth-order valence-corrected chi connectivity index (χ4v) is 0. The second kappa shape index (κ2) is 8.87. The zero-order valence-corrected chi connectivity index (χ0v) is 5.26. The van der Waals surface area contributed by atoms with E-state index in [1.807, 2.05) is 0 Å². The molecule has 0 heterocycles. The van der Waals surface area contributed by atoms with E-state index < -0.39 is 0 Å². The van der Waals surface area contributed by atoms with Gasteiger partial charge < -0.3 is 0 Å². The monoisotopic (exact) mass is 281 g/mol. The van der Waals surface area contributed by atoms with Crippen molar-refractivity contribution in [2.75, 3.05) is 0 Å². The molecule has 30 valence electrons. The Bertz CT molecular complexity index is 6.00. The van der Waals surface area contributed by atoms with Crippen molar-refractivity contribution < 1.29 is 24.9 Å². The van der Waals surface area contributed by atoms with Gasteiger partial charge in [0.05, 0.1) is 23.7 Å². The molecule has 4 heavy (non-hydrogen) atoms. The fourth-order valence-electron chi connectivity index (χ4n) is 0. The molecule has 0 aliphatic heterocycles. The molecule has 0 amide bonds. The summed E-state index contributed by atoms with van der Waals surface area (Å²) < 4.78 is 3.19. The molecule has 0 unspecified atom stereocenters. The second-order valence-electron chi connectivity index (χ2n) is 0.0583. The van der Waals surface area contributed by atoms with Crippen LogP contribution in [0, 0.1) is 0 Å². The zero-order valence-electron chi connectivity index (χ0n) is 1.48. The molecule has 0 aliphatic carbocycles. The van der Waals surface area contributed by atoms with Gasteiger partial charge in [0.25, 0.3) is 0 Å². The Balaban J connectivity index is 0. The summed E-state index contributed by atoms with van der Waals surface area (Å²) in [5, 5.41) is 0. The first kappa shape index (κ1) is 8.97. The van der Waals surface area contributed by atoms with E-state index in [1.54, 1.807) is 0 Å². The Kier molecular flexibility index (Phi) is 19.9. The summed E-state index contributed by atoms with van der Waals surface area (Å²) >= 11 is 8.53. The maximum absolute atomic E-state index is 4.26. The molecule has 0 saturated heterocycles. The van der Waals surface area contributed by atoms with Crippen molar-refractivity contribution in [2.45, 2.75) is 0 Å². The van der Waals surface area contributed by atoms with E-state index in [9.17, 15) is 0 Å². The molecular weight excluding hydrogens is 282 g/mol. The van der Waals surface area contributed by atoms with Crippen LogP contribution < -0.4 is 0 Å². The van der Waals surface area contributed by atoms with Crippen LogP contribution in [0.2, 0.25) is 0 Å². The van der Waals surface area contributed by atoms with Crippen molar-refractivity contribution in [3.05, 3.63) is 0 Å².